The van der Waals surface area contributed by atoms with Crippen LogP contribution in [0.5, 0.6) is 0 Å². The average molecular weight is 541 g/mol. The lowest BCUT2D eigenvalue weighted by molar-refractivity contribution is -0.134. The third-order valence-corrected chi connectivity index (χ3v) is 8.07. The molecule has 0 bridgehead atoms. The minimum Gasteiger partial charge on any atom is -0.338 e. The highest BCUT2D eigenvalue weighted by molar-refractivity contribution is 5.97. The molecule has 0 spiro atoms. The van der Waals surface area contributed by atoms with Crippen LogP contribution in [0.4, 0.5) is 14.5 Å². The maximum Gasteiger partial charge on any atom is 0.241 e. The van der Waals surface area contributed by atoms with Crippen molar-refractivity contribution in [2.75, 3.05) is 50.7 Å². The number of carbonyl (C=O) groups is 2. The molecule has 0 aliphatic carbocycles. The van der Waals surface area contributed by atoms with E-state index in [4.69, 9.17) is 4.98 Å². The molecule has 3 atom stereocenters. The van der Waals surface area contributed by atoms with E-state index in [2.05, 4.69) is 43.2 Å². The molecule has 3 aliphatic heterocycles. The van der Waals surface area contributed by atoms with E-state index in [-0.39, 0.29) is 48.3 Å². The summed E-state index contributed by atoms with van der Waals surface area (Å²) in [7, 11) is 0. The number of halogens is 2. The molecule has 10 heteroatoms. The molecule has 4 heterocycles. The molecule has 0 unspecified atom stereocenters. The van der Waals surface area contributed by atoms with Gasteiger partial charge in [0.2, 0.25) is 11.8 Å². The number of fused-ring (bicyclic) bond motifs is 1. The van der Waals surface area contributed by atoms with Gasteiger partial charge in [0.15, 0.2) is 0 Å². The summed E-state index contributed by atoms with van der Waals surface area (Å²) < 4.78 is 27.7. The first-order valence-corrected chi connectivity index (χ1v) is 13.7. The quantitative estimate of drug-likeness (QED) is 0.584. The third-order valence-electron chi connectivity index (χ3n) is 8.07. The molecular weight excluding hydrogens is 502 g/mol. The lowest BCUT2D eigenvalue weighted by Gasteiger charge is -2.43. The number of aromatic nitrogens is 1. The van der Waals surface area contributed by atoms with Crippen molar-refractivity contribution in [2.45, 2.75) is 57.7 Å². The van der Waals surface area contributed by atoms with Crippen molar-refractivity contribution in [3.63, 3.8) is 0 Å². The maximum absolute atomic E-state index is 14.3. The minimum absolute atomic E-state index is 0.0205. The predicted octanol–water partition coefficient (Wildman–Crippen LogP) is 2.06. The highest BCUT2D eigenvalue weighted by Gasteiger charge is 2.41. The van der Waals surface area contributed by atoms with E-state index in [9.17, 15) is 18.4 Å². The number of rotatable bonds is 6. The van der Waals surface area contributed by atoms with Gasteiger partial charge in [-0.1, -0.05) is 19.9 Å². The van der Waals surface area contributed by atoms with E-state index in [1.807, 2.05) is 11.0 Å². The first kappa shape index (κ1) is 27.6. The Labute approximate surface area is 228 Å². The summed E-state index contributed by atoms with van der Waals surface area (Å²) in [6, 6.07) is 5.98. The Bertz CT molecular complexity index is 1250. The summed E-state index contributed by atoms with van der Waals surface area (Å²) in [6.07, 6.45) is 1.97. The Balaban J connectivity index is 1.34. The summed E-state index contributed by atoms with van der Waals surface area (Å²) >= 11 is 0. The number of hydrogen-bond donors (Lipinski definition) is 2. The largest absolute Gasteiger partial charge is 0.338 e. The average Bonchev–Trinajstić information content (AvgIpc) is 3.15. The van der Waals surface area contributed by atoms with Gasteiger partial charge in [0.05, 0.1) is 24.5 Å². The van der Waals surface area contributed by atoms with Gasteiger partial charge in [-0.15, -0.1) is 0 Å². The summed E-state index contributed by atoms with van der Waals surface area (Å²) in [6.45, 7) is 12.0. The second-order valence-electron chi connectivity index (χ2n) is 12.0. The zero-order valence-corrected chi connectivity index (χ0v) is 23.1. The molecule has 1 aromatic carbocycles. The van der Waals surface area contributed by atoms with Crippen LogP contribution >= 0.6 is 0 Å². The van der Waals surface area contributed by atoms with Gasteiger partial charge < -0.3 is 20.4 Å². The van der Waals surface area contributed by atoms with Crippen LogP contribution in [0.25, 0.3) is 0 Å². The molecule has 8 nitrogen and oxygen atoms in total. The van der Waals surface area contributed by atoms with Gasteiger partial charge in [-0.25, -0.2) is 8.78 Å². The highest BCUT2D eigenvalue weighted by Crippen LogP contribution is 2.40. The van der Waals surface area contributed by atoms with Crippen LogP contribution in [0.2, 0.25) is 0 Å². The second-order valence-corrected chi connectivity index (χ2v) is 12.0. The SMILES string of the molecule is C[C@@H]1CN(CC(=O)N2CC(C)(C)c3ncc(Cc4ccc(F)cc4F)cc32)[C@@H](CN2C[C@H](C)NCC2=O)CN1. The van der Waals surface area contributed by atoms with E-state index in [1.54, 1.807) is 11.1 Å². The fourth-order valence-electron chi connectivity index (χ4n) is 5.95. The van der Waals surface area contributed by atoms with Gasteiger partial charge in [-0.3, -0.25) is 19.5 Å². The van der Waals surface area contributed by atoms with Crippen molar-refractivity contribution >= 4 is 17.5 Å². The van der Waals surface area contributed by atoms with Crippen molar-refractivity contribution in [1.29, 1.82) is 0 Å². The van der Waals surface area contributed by atoms with Gasteiger partial charge in [-0.2, -0.15) is 0 Å². The summed E-state index contributed by atoms with van der Waals surface area (Å²) in [5.74, 6) is -1.14. The Morgan fingerprint density at radius 3 is 2.67 bits per heavy atom. The van der Waals surface area contributed by atoms with Gasteiger partial charge in [0.25, 0.3) is 0 Å². The third kappa shape index (κ3) is 5.97. The van der Waals surface area contributed by atoms with E-state index in [1.165, 1.54) is 12.1 Å². The summed E-state index contributed by atoms with van der Waals surface area (Å²) in [5.41, 5.74) is 2.39. The first-order valence-electron chi connectivity index (χ1n) is 13.7. The molecule has 39 heavy (non-hydrogen) atoms. The Kier molecular flexibility index (Phi) is 7.72. The predicted molar refractivity (Wildman–Crippen MR) is 146 cm³/mol. The van der Waals surface area contributed by atoms with Crippen molar-refractivity contribution < 1.29 is 18.4 Å². The molecule has 0 saturated carbocycles. The van der Waals surface area contributed by atoms with Crippen LogP contribution in [0, 0.1) is 11.6 Å². The highest BCUT2D eigenvalue weighted by atomic mass is 19.1. The normalized spacial score (nSPS) is 25.2. The molecule has 2 aromatic rings. The zero-order valence-electron chi connectivity index (χ0n) is 23.1. The smallest absolute Gasteiger partial charge is 0.241 e. The number of benzene rings is 1. The standard InChI is InChI=1S/C29H38F2N6O2/c1-18-13-35(23(11-32-18)15-36-14-19(2)33-12-26(36)38)16-27(39)37-17-29(3,4)28-25(37)8-20(10-34-28)7-21-5-6-22(30)9-24(21)31/h5-6,8-10,18-19,23,32-33H,7,11-17H2,1-4H3/t18-,19+,23-/m1/s1. The number of nitrogens with one attached hydrogen (secondary N) is 2. The minimum atomic E-state index is -0.613. The number of hydrogen-bond acceptors (Lipinski definition) is 6. The number of anilines is 1. The van der Waals surface area contributed by atoms with Crippen molar-refractivity contribution in [3.8, 4) is 0 Å². The number of nitrogens with zero attached hydrogens (tertiary/aromatic N) is 4. The molecular formula is C29H38F2N6O2. The summed E-state index contributed by atoms with van der Waals surface area (Å²) in [4.78, 5) is 36.9. The van der Waals surface area contributed by atoms with Gasteiger partial charge in [-0.05, 0) is 37.1 Å². The van der Waals surface area contributed by atoms with E-state index in [0.29, 0.717) is 44.8 Å². The lowest BCUT2D eigenvalue weighted by atomic mass is 9.91. The van der Waals surface area contributed by atoms with E-state index >= 15 is 0 Å². The maximum atomic E-state index is 14.3. The number of pyridine rings is 1. The van der Waals surface area contributed by atoms with Crippen LogP contribution in [-0.4, -0.2) is 90.5 Å². The van der Waals surface area contributed by atoms with Crippen LogP contribution in [0.1, 0.15) is 44.5 Å². The molecule has 1 aromatic heterocycles. The van der Waals surface area contributed by atoms with Gasteiger partial charge in [0.1, 0.15) is 11.6 Å². The van der Waals surface area contributed by atoms with Crippen molar-refractivity contribution in [2.24, 2.45) is 0 Å². The molecule has 2 N–H and O–H groups in total. The first-order chi connectivity index (χ1) is 18.5. The van der Waals surface area contributed by atoms with Crippen molar-refractivity contribution in [1.82, 2.24) is 25.4 Å². The number of carbonyl (C=O) groups excluding carboxylic acids is 2. The van der Waals surface area contributed by atoms with E-state index in [0.717, 1.165) is 23.0 Å². The number of piperazine rings is 2. The fraction of sp³-hybridized carbons (Fsp3) is 0.552. The van der Waals surface area contributed by atoms with E-state index < -0.39 is 11.6 Å². The Morgan fingerprint density at radius 1 is 1.13 bits per heavy atom. The monoisotopic (exact) mass is 540 g/mol. The zero-order chi connectivity index (χ0) is 27.9. The topological polar surface area (TPSA) is 80.8 Å². The Morgan fingerprint density at radius 2 is 1.90 bits per heavy atom. The number of amides is 2. The molecule has 3 aliphatic rings. The van der Waals surface area contributed by atoms with Crippen LogP contribution in [0.15, 0.2) is 30.5 Å². The molecule has 2 amide bonds. The molecule has 0 radical (unpaired) electrons. The molecule has 5 rings (SSSR count). The molecule has 2 fully saturated rings. The molecule has 2 saturated heterocycles. The second kappa shape index (κ2) is 10.9. The van der Waals surface area contributed by atoms with Crippen LogP contribution in [0.3, 0.4) is 0 Å². The van der Waals surface area contributed by atoms with Crippen LogP contribution in [-0.2, 0) is 21.4 Å². The lowest BCUT2D eigenvalue weighted by Crippen LogP contribution is -2.63. The van der Waals surface area contributed by atoms with Gasteiger partial charge >= 0.3 is 0 Å². The summed E-state index contributed by atoms with van der Waals surface area (Å²) in [5, 5.41) is 6.71. The van der Waals surface area contributed by atoms with Crippen LogP contribution < -0.4 is 15.5 Å². The molecule has 210 valence electrons. The fourth-order valence-corrected chi connectivity index (χ4v) is 5.95. The van der Waals surface area contributed by atoms with Gasteiger partial charge in [0, 0.05) is 74.9 Å². The Hall–Kier alpha value is -2.95. The van der Waals surface area contributed by atoms with Crippen molar-refractivity contribution in [3.05, 3.63) is 58.9 Å².